The highest BCUT2D eigenvalue weighted by Gasteiger charge is 2.13. The molecule has 116 valence electrons. The Hall–Kier alpha value is -2.41. The van der Waals surface area contributed by atoms with Crippen LogP contribution in [-0.2, 0) is 9.53 Å². The van der Waals surface area contributed by atoms with Crippen molar-refractivity contribution in [2.24, 2.45) is 0 Å². The van der Waals surface area contributed by atoms with Crippen LogP contribution in [-0.4, -0.2) is 30.1 Å². The third-order valence-electron chi connectivity index (χ3n) is 2.58. The van der Waals surface area contributed by atoms with Gasteiger partial charge in [0.2, 0.25) is 5.91 Å². The summed E-state index contributed by atoms with van der Waals surface area (Å²) in [6.45, 7) is 2.28. The molecule has 0 spiro atoms. The fraction of sp³-hybridized carbons (Fsp3) is 0.267. The zero-order valence-electron chi connectivity index (χ0n) is 12.1. The highest BCUT2D eigenvalue weighted by molar-refractivity contribution is 7.14. The van der Waals surface area contributed by atoms with E-state index in [0.717, 1.165) is 0 Å². The maximum atomic E-state index is 11.8. The SMILES string of the molecule is CCOC(=O)c1csc(NC(=O)CCOc2ccccc2)n1. The van der Waals surface area contributed by atoms with Crippen molar-refractivity contribution in [1.29, 1.82) is 0 Å². The Morgan fingerprint density at radius 1 is 1.27 bits per heavy atom. The molecule has 2 aromatic rings. The van der Waals surface area contributed by atoms with Crippen LogP contribution in [0.5, 0.6) is 5.75 Å². The number of hydrogen-bond donors (Lipinski definition) is 1. The summed E-state index contributed by atoms with van der Waals surface area (Å²) in [7, 11) is 0. The van der Waals surface area contributed by atoms with Crippen molar-refractivity contribution in [3.05, 3.63) is 41.4 Å². The first-order valence-electron chi connectivity index (χ1n) is 6.79. The lowest BCUT2D eigenvalue weighted by Crippen LogP contribution is -2.15. The second-order valence-corrected chi connectivity index (χ2v) is 5.08. The van der Waals surface area contributed by atoms with Gasteiger partial charge in [-0.1, -0.05) is 18.2 Å². The van der Waals surface area contributed by atoms with E-state index in [4.69, 9.17) is 9.47 Å². The lowest BCUT2D eigenvalue weighted by Gasteiger charge is -2.05. The normalized spacial score (nSPS) is 10.0. The Bertz CT molecular complexity index is 627. The number of ether oxygens (including phenoxy) is 2. The molecule has 0 unspecified atom stereocenters. The lowest BCUT2D eigenvalue weighted by atomic mass is 10.3. The molecule has 6 nitrogen and oxygen atoms in total. The van der Waals surface area contributed by atoms with E-state index in [-0.39, 0.29) is 31.2 Å². The van der Waals surface area contributed by atoms with E-state index in [1.54, 1.807) is 12.3 Å². The first-order chi connectivity index (χ1) is 10.7. The molecule has 7 heteroatoms. The van der Waals surface area contributed by atoms with E-state index in [0.29, 0.717) is 10.9 Å². The molecule has 0 saturated carbocycles. The molecule has 0 aliphatic carbocycles. The highest BCUT2D eigenvalue weighted by Crippen LogP contribution is 2.16. The number of anilines is 1. The van der Waals surface area contributed by atoms with Crippen LogP contribution in [0.25, 0.3) is 0 Å². The number of rotatable bonds is 7. The second-order valence-electron chi connectivity index (χ2n) is 4.22. The summed E-state index contributed by atoms with van der Waals surface area (Å²) in [4.78, 5) is 27.2. The number of esters is 1. The number of nitrogens with zero attached hydrogens (tertiary/aromatic N) is 1. The molecular weight excluding hydrogens is 304 g/mol. The summed E-state index contributed by atoms with van der Waals surface area (Å²) in [6, 6.07) is 9.27. The number of carbonyl (C=O) groups excluding carboxylic acids is 2. The summed E-state index contributed by atoms with van der Waals surface area (Å²) < 4.78 is 10.3. The first kappa shape index (κ1) is 16.0. The molecule has 0 radical (unpaired) electrons. The van der Waals surface area contributed by atoms with Gasteiger partial charge in [-0.15, -0.1) is 11.3 Å². The molecule has 0 aliphatic rings. The maximum absolute atomic E-state index is 11.8. The minimum atomic E-state index is -0.494. The smallest absolute Gasteiger partial charge is 0.357 e. The van der Waals surface area contributed by atoms with Gasteiger partial charge in [-0.05, 0) is 19.1 Å². The van der Waals surface area contributed by atoms with Crippen LogP contribution in [0.3, 0.4) is 0 Å². The van der Waals surface area contributed by atoms with Crippen LogP contribution in [0.2, 0.25) is 0 Å². The number of nitrogens with one attached hydrogen (secondary N) is 1. The average molecular weight is 320 g/mol. The Morgan fingerprint density at radius 2 is 2.05 bits per heavy atom. The summed E-state index contributed by atoms with van der Waals surface area (Å²) in [5, 5.41) is 4.54. The van der Waals surface area contributed by atoms with Crippen molar-refractivity contribution in [1.82, 2.24) is 4.98 Å². The van der Waals surface area contributed by atoms with Crippen molar-refractivity contribution in [3.8, 4) is 5.75 Å². The Kier molecular flexibility index (Phi) is 5.91. The summed E-state index contributed by atoms with van der Waals surface area (Å²) in [5.41, 5.74) is 0.197. The van der Waals surface area contributed by atoms with Crippen LogP contribution in [0.15, 0.2) is 35.7 Å². The van der Waals surface area contributed by atoms with Crippen molar-refractivity contribution in [2.45, 2.75) is 13.3 Å². The van der Waals surface area contributed by atoms with Crippen LogP contribution < -0.4 is 10.1 Å². The van der Waals surface area contributed by atoms with Gasteiger partial charge in [0.05, 0.1) is 19.6 Å². The summed E-state index contributed by atoms with van der Waals surface area (Å²) in [5.74, 6) is 0.00139. The zero-order chi connectivity index (χ0) is 15.8. The minimum absolute atomic E-state index is 0.197. The Balaban J connectivity index is 1.76. The standard InChI is InChI=1S/C15H16N2O4S/c1-2-20-14(19)12-10-22-15(16-12)17-13(18)8-9-21-11-6-4-3-5-7-11/h3-7,10H,2,8-9H2,1H3,(H,16,17,18). The second kappa shape index (κ2) is 8.14. The predicted molar refractivity (Wildman–Crippen MR) is 83.3 cm³/mol. The number of benzene rings is 1. The third kappa shape index (κ3) is 4.85. The molecule has 0 saturated heterocycles. The number of amides is 1. The molecule has 2 rings (SSSR count). The molecular formula is C15H16N2O4S. The van der Waals surface area contributed by atoms with E-state index in [2.05, 4.69) is 10.3 Å². The maximum Gasteiger partial charge on any atom is 0.357 e. The van der Waals surface area contributed by atoms with Gasteiger partial charge in [0.15, 0.2) is 10.8 Å². The molecule has 1 heterocycles. The fourth-order valence-electron chi connectivity index (χ4n) is 1.59. The van der Waals surface area contributed by atoms with Crippen LogP contribution in [0.4, 0.5) is 5.13 Å². The van der Waals surface area contributed by atoms with Crippen molar-refractivity contribution >= 4 is 28.3 Å². The lowest BCUT2D eigenvalue weighted by molar-refractivity contribution is -0.116. The largest absolute Gasteiger partial charge is 0.493 e. The van der Waals surface area contributed by atoms with E-state index in [1.807, 2.05) is 30.3 Å². The Morgan fingerprint density at radius 3 is 2.77 bits per heavy atom. The van der Waals surface area contributed by atoms with Gasteiger partial charge in [0.1, 0.15) is 5.75 Å². The number of carbonyl (C=O) groups is 2. The Labute approximate surface area is 132 Å². The van der Waals surface area contributed by atoms with Gasteiger partial charge in [-0.2, -0.15) is 0 Å². The van der Waals surface area contributed by atoms with Crippen LogP contribution in [0.1, 0.15) is 23.8 Å². The van der Waals surface area contributed by atoms with Gasteiger partial charge in [0, 0.05) is 5.38 Å². The first-order valence-corrected chi connectivity index (χ1v) is 7.67. The molecule has 1 aromatic heterocycles. The highest BCUT2D eigenvalue weighted by atomic mass is 32.1. The summed E-state index contributed by atoms with van der Waals surface area (Å²) >= 11 is 1.18. The van der Waals surface area contributed by atoms with Crippen LogP contribution in [0, 0.1) is 0 Å². The average Bonchev–Trinajstić information content (AvgIpc) is 2.97. The van der Waals surface area contributed by atoms with Crippen molar-refractivity contribution < 1.29 is 19.1 Å². The van der Waals surface area contributed by atoms with Crippen molar-refractivity contribution in [3.63, 3.8) is 0 Å². The van der Waals surface area contributed by atoms with Crippen LogP contribution >= 0.6 is 11.3 Å². The quantitative estimate of drug-likeness (QED) is 0.794. The van der Waals surface area contributed by atoms with E-state index in [9.17, 15) is 9.59 Å². The summed E-state index contributed by atoms with van der Waals surface area (Å²) in [6.07, 6.45) is 0.198. The van der Waals surface area contributed by atoms with Crippen molar-refractivity contribution in [2.75, 3.05) is 18.5 Å². The fourth-order valence-corrected chi connectivity index (χ4v) is 2.29. The van der Waals surface area contributed by atoms with Gasteiger partial charge in [-0.25, -0.2) is 9.78 Å². The predicted octanol–water partition coefficient (Wildman–Crippen LogP) is 2.73. The number of thiazole rings is 1. The molecule has 0 bridgehead atoms. The van der Waals surface area contributed by atoms with E-state index >= 15 is 0 Å². The number of hydrogen-bond acceptors (Lipinski definition) is 6. The third-order valence-corrected chi connectivity index (χ3v) is 3.33. The molecule has 1 amide bonds. The van der Waals surface area contributed by atoms with Gasteiger partial charge >= 0.3 is 5.97 Å². The molecule has 0 fully saturated rings. The molecule has 0 aliphatic heterocycles. The van der Waals surface area contributed by atoms with Gasteiger partial charge in [-0.3, -0.25) is 4.79 Å². The monoisotopic (exact) mass is 320 g/mol. The molecule has 0 atom stereocenters. The minimum Gasteiger partial charge on any atom is -0.493 e. The molecule has 22 heavy (non-hydrogen) atoms. The number of aromatic nitrogens is 1. The molecule has 1 N–H and O–H groups in total. The van der Waals surface area contributed by atoms with Gasteiger partial charge in [0.25, 0.3) is 0 Å². The van der Waals surface area contributed by atoms with E-state index in [1.165, 1.54) is 11.3 Å². The zero-order valence-corrected chi connectivity index (χ0v) is 12.9. The van der Waals surface area contributed by atoms with E-state index < -0.39 is 5.97 Å². The molecule has 1 aromatic carbocycles. The van der Waals surface area contributed by atoms with Gasteiger partial charge < -0.3 is 14.8 Å². The topological polar surface area (TPSA) is 77.5 Å². The number of para-hydroxylation sites is 1.